The molecule has 1 fully saturated rings. The minimum Gasteiger partial charge on any atom is -0.341 e. The van der Waals surface area contributed by atoms with Crippen LogP contribution >= 0.6 is 23.2 Å². The first-order valence-electron chi connectivity index (χ1n) is 6.47. The van der Waals surface area contributed by atoms with Gasteiger partial charge in [-0.15, -0.1) is 0 Å². The van der Waals surface area contributed by atoms with Crippen LogP contribution in [-0.4, -0.2) is 30.4 Å². The number of carbonyl (C=O) groups is 1. The Bertz CT molecular complexity index is 461. The molecule has 1 N–H and O–H groups in total. The summed E-state index contributed by atoms with van der Waals surface area (Å²) < 4.78 is 0. The number of halogens is 2. The Morgan fingerprint density at radius 3 is 2.74 bits per heavy atom. The maximum atomic E-state index is 11.9. The molecule has 19 heavy (non-hydrogen) atoms. The Balaban J connectivity index is 1.79. The van der Waals surface area contributed by atoms with Gasteiger partial charge in [-0.05, 0) is 30.5 Å². The minimum absolute atomic E-state index is 0.138. The SMILES string of the molecule is CN(Cc1ccc(Cl)c(Cl)c1)C(=O)CCNC1CC1. The van der Waals surface area contributed by atoms with Gasteiger partial charge in [0.1, 0.15) is 0 Å². The molecular formula is C14H18Cl2N2O. The van der Waals surface area contributed by atoms with Crippen LogP contribution in [0.4, 0.5) is 0 Å². The third kappa shape index (κ3) is 4.68. The number of benzene rings is 1. The first kappa shape index (κ1) is 14.6. The lowest BCUT2D eigenvalue weighted by Crippen LogP contribution is -2.30. The van der Waals surface area contributed by atoms with Crippen LogP contribution in [0.2, 0.25) is 10.0 Å². The predicted molar refractivity (Wildman–Crippen MR) is 78.6 cm³/mol. The van der Waals surface area contributed by atoms with Crippen LogP contribution in [0.1, 0.15) is 24.8 Å². The first-order chi connectivity index (χ1) is 9.06. The Labute approximate surface area is 123 Å². The second kappa shape index (κ2) is 6.60. The molecule has 2 rings (SSSR count). The molecule has 104 valence electrons. The van der Waals surface area contributed by atoms with Gasteiger partial charge in [-0.25, -0.2) is 0 Å². The summed E-state index contributed by atoms with van der Waals surface area (Å²) in [6, 6.07) is 6.09. The van der Waals surface area contributed by atoms with Crippen molar-refractivity contribution in [3.63, 3.8) is 0 Å². The summed E-state index contributed by atoms with van der Waals surface area (Å²) in [4.78, 5) is 13.6. The zero-order valence-electron chi connectivity index (χ0n) is 11.0. The van der Waals surface area contributed by atoms with Crippen molar-refractivity contribution in [2.24, 2.45) is 0 Å². The molecule has 0 unspecified atom stereocenters. The molecule has 5 heteroatoms. The maximum absolute atomic E-state index is 11.9. The molecule has 0 spiro atoms. The van der Waals surface area contributed by atoms with Gasteiger partial charge >= 0.3 is 0 Å². The monoisotopic (exact) mass is 300 g/mol. The van der Waals surface area contributed by atoms with Crippen LogP contribution in [0, 0.1) is 0 Å². The van der Waals surface area contributed by atoms with Crippen LogP contribution in [0.15, 0.2) is 18.2 Å². The van der Waals surface area contributed by atoms with Gasteiger partial charge in [0.05, 0.1) is 10.0 Å². The largest absolute Gasteiger partial charge is 0.341 e. The average molecular weight is 301 g/mol. The molecule has 0 aliphatic heterocycles. The van der Waals surface area contributed by atoms with Gasteiger partial charge < -0.3 is 10.2 Å². The fraction of sp³-hybridized carbons (Fsp3) is 0.500. The number of rotatable bonds is 6. The summed E-state index contributed by atoms with van der Waals surface area (Å²) in [6.45, 7) is 1.31. The van der Waals surface area contributed by atoms with Crippen molar-refractivity contribution in [3.05, 3.63) is 33.8 Å². The second-order valence-corrected chi connectivity index (χ2v) is 5.79. The predicted octanol–water partition coefficient (Wildman–Crippen LogP) is 3.09. The van der Waals surface area contributed by atoms with Crippen LogP contribution in [-0.2, 0) is 11.3 Å². The van der Waals surface area contributed by atoms with Crippen LogP contribution < -0.4 is 5.32 Å². The molecule has 0 heterocycles. The van der Waals surface area contributed by atoms with Crippen molar-refractivity contribution in [2.45, 2.75) is 31.8 Å². The van der Waals surface area contributed by atoms with E-state index >= 15 is 0 Å². The van der Waals surface area contributed by atoms with Crippen molar-refractivity contribution in [2.75, 3.05) is 13.6 Å². The summed E-state index contributed by atoms with van der Waals surface area (Å²) in [7, 11) is 1.81. The lowest BCUT2D eigenvalue weighted by molar-refractivity contribution is -0.130. The van der Waals surface area contributed by atoms with E-state index in [0.717, 1.165) is 12.1 Å². The van der Waals surface area contributed by atoms with Gasteiger partial charge in [0.2, 0.25) is 5.91 Å². The molecule has 1 aromatic rings. The van der Waals surface area contributed by atoms with Gasteiger partial charge in [0.15, 0.2) is 0 Å². The average Bonchev–Trinajstić information content (AvgIpc) is 3.17. The van der Waals surface area contributed by atoms with E-state index in [-0.39, 0.29) is 5.91 Å². The third-order valence-corrected chi connectivity index (χ3v) is 3.92. The molecule has 3 nitrogen and oxygen atoms in total. The molecule has 0 bridgehead atoms. The maximum Gasteiger partial charge on any atom is 0.223 e. The standard InChI is InChI=1S/C14H18Cl2N2O/c1-18(14(19)6-7-17-11-3-4-11)9-10-2-5-12(15)13(16)8-10/h2,5,8,11,17H,3-4,6-7,9H2,1H3. The number of hydrogen-bond acceptors (Lipinski definition) is 2. The zero-order valence-corrected chi connectivity index (χ0v) is 12.5. The number of hydrogen-bond donors (Lipinski definition) is 1. The van der Waals surface area contributed by atoms with Crippen LogP contribution in [0.25, 0.3) is 0 Å². The highest BCUT2D eigenvalue weighted by molar-refractivity contribution is 6.42. The fourth-order valence-electron chi connectivity index (χ4n) is 1.86. The highest BCUT2D eigenvalue weighted by atomic mass is 35.5. The summed E-state index contributed by atoms with van der Waals surface area (Å²) in [5, 5.41) is 4.40. The topological polar surface area (TPSA) is 32.3 Å². The molecule has 1 aliphatic carbocycles. The highest BCUT2D eigenvalue weighted by Gasteiger charge is 2.20. The Hall–Kier alpha value is -0.770. The molecule has 0 aromatic heterocycles. The van der Waals surface area contributed by atoms with Crippen molar-refractivity contribution < 1.29 is 4.79 Å². The van der Waals surface area contributed by atoms with Gasteiger partial charge in [0, 0.05) is 32.6 Å². The molecule has 0 atom stereocenters. The van der Waals surface area contributed by atoms with E-state index in [4.69, 9.17) is 23.2 Å². The van der Waals surface area contributed by atoms with E-state index < -0.39 is 0 Å². The van der Waals surface area contributed by atoms with E-state index in [2.05, 4.69) is 5.32 Å². The Morgan fingerprint density at radius 2 is 2.11 bits per heavy atom. The van der Waals surface area contributed by atoms with Gasteiger partial charge in [0.25, 0.3) is 0 Å². The van der Waals surface area contributed by atoms with Crippen molar-refractivity contribution >= 4 is 29.1 Å². The molecular weight excluding hydrogens is 283 g/mol. The van der Waals surface area contributed by atoms with E-state index in [1.807, 2.05) is 13.1 Å². The second-order valence-electron chi connectivity index (χ2n) is 4.98. The highest BCUT2D eigenvalue weighted by Crippen LogP contribution is 2.23. The summed E-state index contributed by atoms with van der Waals surface area (Å²) >= 11 is 11.8. The zero-order chi connectivity index (χ0) is 13.8. The van der Waals surface area contributed by atoms with E-state index in [1.54, 1.807) is 17.0 Å². The fourth-order valence-corrected chi connectivity index (χ4v) is 2.18. The van der Waals surface area contributed by atoms with E-state index in [1.165, 1.54) is 12.8 Å². The lowest BCUT2D eigenvalue weighted by Gasteiger charge is -2.17. The van der Waals surface area contributed by atoms with Crippen LogP contribution in [0.5, 0.6) is 0 Å². The molecule has 0 saturated heterocycles. The quantitative estimate of drug-likeness (QED) is 0.875. The van der Waals surface area contributed by atoms with Gasteiger partial charge in [-0.3, -0.25) is 4.79 Å². The summed E-state index contributed by atoms with van der Waals surface area (Å²) in [5.41, 5.74) is 0.986. The Morgan fingerprint density at radius 1 is 1.37 bits per heavy atom. The van der Waals surface area contributed by atoms with Gasteiger partial charge in [-0.2, -0.15) is 0 Å². The molecule has 1 saturated carbocycles. The lowest BCUT2D eigenvalue weighted by atomic mass is 10.2. The van der Waals surface area contributed by atoms with Crippen LogP contribution in [0.3, 0.4) is 0 Å². The molecule has 1 aliphatic rings. The smallest absolute Gasteiger partial charge is 0.223 e. The number of amides is 1. The molecule has 1 amide bonds. The first-order valence-corrected chi connectivity index (χ1v) is 7.23. The third-order valence-electron chi connectivity index (χ3n) is 3.18. The molecule has 0 radical (unpaired) electrons. The van der Waals surface area contributed by atoms with Crippen molar-refractivity contribution in [1.82, 2.24) is 10.2 Å². The van der Waals surface area contributed by atoms with E-state index in [9.17, 15) is 4.79 Å². The molecule has 1 aromatic carbocycles. The van der Waals surface area contributed by atoms with Crippen molar-refractivity contribution in [1.29, 1.82) is 0 Å². The van der Waals surface area contributed by atoms with Crippen molar-refractivity contribution in [3.8, 4) is 0 Å². The normalized spacial score (nSPS) is 14.5. The number of nitrogens with zero attached hydrogens (tertiary/aromatic N) is 1. The summed E-state index contributed by atoms with van der Waals surface area (Å²) in [6.07, 6.45) is 3.02. The Kier molecular flexibility index (Phi) is 5.08. The summed E-state index contributed by atoms with van der Waals surface area (Å²) in [5.74, 6) is 0.138. The number of nitrogens with one attached hydrogen (secondary N) is 1. The minimum atomic E-state index is 0.138. The van der Waals surface area contributed by atoms with E-state index in [0.29, 0.717) is 29.1 Å². The van der Waals surface area contributed by atoms with Gasteiger partial charge in [-0.1, -0.05) is 29.3 Å². The number of carbonyl (C=O) groups excluding carboxylic acids is 1.